The lowest BCUT2D eigenvalue weighted by molar-refractivity contribution is -0.140. The first-order chi connectivity index (χ1) is 8.13. The molecule has 1 amide bonds. The van der Waals surface area contributed by atoms with Crippen molar-refractivity contribution in [3.8, 4) is 0 Å². The van der Waals surface area contributed by atoms with Crippen LogP contribution in [-0.2, 0) is 9.59 Å². The van der Waals surface area contributed by atoms with Crippen LogP contribution in [0.3, 0.4) is 0 Å². The minimum atomic E-state index is -0.771. The van der Waals surface area contributed by atoms with Crippen LogP contribution in [0.5, 0.6) is 0 Å². The molecule has 1 saturated heterocycles. The molecule has 3 N–H and O–H groups in total. The SMILES string of the molecule is NCCCCC(=O)N1CCCC(CC(=O)O)C1. The van der Waals surface area contributed by atoms with E-state index in [2.05, 4.69) is 0 Å². The number of carboxylic acid groups (broad SMARTS) is 1. The van der Waals surface area contributed by atoms with Gasteiger partial charge in [-0.2, -0.15) is 0 Å². The number of carbonyl (C=O) groups is 2. The van der Waals surface area contributed by atoms with Gasteiger partial charge < -0.3 is 15.7 Å². The van der Waals surface area contributed by atoms with E-state index in [1.165, 1.54) is 0 Å². The minimum absolute atomic E-state index is 0.125. The second kappa shape index (κ2) is 7.27. The second-order valence-electron chi connectivity index (χ2n) is 4.69. The fourth-order valence-electron chi connectivity index (χ4n) is 2.28. The summed E-state index contributed by atoms with van der Waals surface area (Å²) in [6.45, 7) is 2.00. The number of carbonyl (C=O) groups excluding carboxylic acids is 1. The zero-order chi connectivity index (χ0) is 12.7. The lowest BCUT2D eigenvalue weighted by atomic mass is 9.94. The summed E-state index contributed by atoms with van der Waals surface area (Å²) in [5.41, 5.74) is 5.38. The second-order valence-corrected chi connectivity index (χ2v) is 4.69. The van der Waals surface area contributed by atoms with Gasteiger partial charge in [-0.05, 0) is 38.1 Å². The predicted octanol–water partition coefficient (Wildman–Crippen LogP) is 0.829. The Labute approximate surface area is 102 Å². The summed E-state index contributed by atoms with van der Waals surface area (Å²) in [5, 5.41) is 8.75. The van der Waals surface area contributed by atoms with Crippen molar-refractivity contribution in [2.45, 2.75) is 38.5 Å². The van der Waals surface area contributed by atoms with Crippen molar-refractivity contribution < 1.29 is 14.7 Å². The van der Waals surface area contributed by atoms with Gasteiger partial charge in [-0.25, -0.2) is 0 Å². The molecule has 5 nitrogen and oxygen atoms in total. The van der Waals surface area contributed by atoms with Gasteiger partial charge in [-0.3, -0.25) is 9.59 Å². The van der Waals surface area contributed by atoms with E-state index in [1.807, 2.05) is 4.90 Å². The molecular formula is C12H22N2O3. The number of nitrogens with zero attached hydrogens (tertiary/aromatic N) is 1. The zero-order valence-corrected chi connectivity index (χ0v) is 10.2. The van der Waals surface area contributed by atoms with Gasteiger partial charge in [0.1, 0.15) is 0 Å². The summed E-state index contributed by atoms with van der Waals surface area (Å²) in [5.74, 6) is -0.499. The molecule has 0 aromatic rings. The van der Waals surface area contributed by atoms with Crippen LogP contribution in [0, 0.1) is 5.92 Å². The van der Waals surface area contributed by atoms with Crippen molar-refractivity contribution in [3.05, 3.63) is 0 Å². The molecule has 0 spiro atoms. The smallest absolute Gasteiger partial charge is 0.303 e. The maximum Gasteiger partial charge on any atom is 0.303 e. The fraction of sp³-hybridized carbons (Fsp3) is 0.833. The quantitative estimate of drug-likeness (QED) is 0.676. The third kappa shape index (κ3) is 5.17. The maximum atomic E-state index is 11.8. The average Bonchev–Trinajstić information content (AvgIpc) is 2.28. The van der Waals surface area contributed by atoms with Gasteiger partial charge in [0.25, 0.3) is 0 Å². The Kier molecular flexibility index (Phi) is 5.97. The van der Waals surface area contributed by atoms with Gasteiger partial charge in [-0.1, -0.05) is 0 Å². The number of nitrogens with two attached hydrogens (primary N) is 1. The molecule has 1 heterocycles. The van der Waals surface area contributed by atoms with Gasteiger partial charge in [0.05, 0.1) is 0 Å². The summed E-state index contributed by atoms with van der Waals surface area (Å²) in [6, 6.07) is 0. The van der Waals surface area contributed by atoms with Crippen molar-refractivity contribution in [1.29, 1.82) is 0 Å². The Hall–Kier alpha value is -1.10. The summed E-state index contributed by atoms with van der Waals surface area (Å²) in [7, 11) is 0. The van der Waals surface area contributed by atoms with E-state index in [4.69, 9.17) is 10.8 Å². The first kappa shape index (κ1) is 14.0. The number of amides is 1. The molecule has 1 rings (SSSR count). The molecular weight excluding hydrogens is 220 g/mol. The van der Waals surface area contributed by atoms with E-state index < -0.39 is 5.97 Å². The molecule has 5 heteroatoms. The van der Waals surface area contributed by atoms with Gasteiger partial charge in [0.15, 0.2) is 0 Å². The Bertz CT molecular complexity index is 268. The number of unbranched alkanes of at least 4 members (excludes halogenated alkanes) is 1. The Morgan fingerprint density at radius 3 is 2.76 bits per heavy atom. The van der Waals surface area contributed by atoms with Crippen molar-refractivity contribution in [3.63, 3.8) is 0 Å². The van der Waals surface area contributed by atoms with E-state index in [0.29, 0.717) is 19.5 Å². The van der Waals surface area contributed by atoms with E-state index in [9.17, 15) is 9.59 Å². The van der Waals surface area contributed by atoms with Crippen LogP contribution in [0.1, 0.15) is 38.5 Å². The first-order valence-corrected chi connectivity index (χ1v) is 6.33. The molecule has 1 unspecified atom stereocenters. The van der Waals surface area contributed by atoms with Crippen molar-refractivity contribution in [1.82, 2.24) is 4.90 Å². The Balaban J connectivity index is 2.32. The molecule has 98 valence electrons. The number of carboxylic acids is 1. The lowest BCUT2D eigenvalue weighted by Gasteiger charge is -2.32. The van der Waals surface area contributed by atoms with E-state index >= 15 is 0 Å². The third-order valence-electron chi connectivity index (χ3n) is 3.18. The van der Waals surface area contributed by atoms with E-state index in [1.54, 1.807) is 0 Å². The van der Waals surface area contributed by atoms with Crippen LogP contribution in [0.25, 0.3) is 0 Å². The highest BCUT2D eigenvalue weighted by Crippen LogP contribution is 2.20. The largest absolute Gasteiger partial charge is 0.481 e. The van der Waals surface area contributed by atoms with Crippen LogP contribution < -0.4 is 5.73 Å². The Morgan fingerprint density at radius 1 is 1.35 bits per heavy atom. The van der Waals surface area contributed by atoms with Gasteiger partial charge in [-0.15, -0.1) is 0 Å². The van der Waals surface area contributed by atoms with Gasteiger partial charge >= 0.3 is 5.97 Å². The van der Waals surface area contributed by atoms with E-state index in [-0.39, 0.29) is 18.2 Å². The van der Waals surface area contributed by atoms with Crippen molar-refractivity contribution in [2.24, 2.45) is 11.7 Å². The minimum Gasteiger partial charge on any atom is -0.481 e. The number of hydrogen-bond acceptors (Lipinski definition) is 3. The average molecular weight is 242 g/mol. The predicted molar refractivity (Wildman–Crippen MR) is 64.5 cm³/mol. The fourth-order valence-corrected chi connectivity index (χ4v) is 2.28. The zero-order valence-electron chi connectivity index (χ0n) is 10.2. The monoisotopic (exact) mass is 242 g/mol. The molecule has 0 aromatic heterocycles. The van der Waals surface area contributed by atoms with Crippen molar-refractivity contribution >= 4 is 11.9 Å². The number of aliphatic carboxylic acids is 1. The maximum absolute atomic E-state index is 11.8. The molecule has 1 aliphatic rings. The Morgan fingerprint density at radius 2 is 2.12 bits per heavy atom. The molecule has 1 aliphatic heterocycles. The van der Waals surface area contributed by atoms with Gasteiger partial charge in [0.2, 0.25) is 5.91 Å². The van der Waals surface area contributed by atoms with Crippen LogP contribution >= 0.6 is 0 Å². The standard InChI is InChI=1S/C12H22N2O3/c13-6-2-1-5-11(15)14-7-3-4-10(9-14)8-12(16)17/h10H,1-9,13H2,(H,16,17). The van der Waals surface area contributed by atoms with Gasteiger partial charge in [0, 0.05) is 25.9 Å². The molecule has 0 bridgehead atoms. The molecule has 17 heavy (non-hydrogen) atoms. The molecule has 0 aromatic carbocycles. The van der Waals surface area contributed by atoms with Crippen LogP contribution in [-0.4, -0.2) is 41.5 Å². The third-order valence-corrected chi connectivity index (χ3v) is 3.18. The van der Waals surface area contributed by atoms with Crippen LogP contribution in [0.15, 0.2) is 0 Å². The summed E-state index contributed by atoms with van der Waals surface area (Å²) in [4.78, 5) is 24.3. The van der Waals surface area contributed by atoms with Crippen molar-refractivity contribution in [2.75, 3.05) is 19.6 Å². The lowest BCUT2D eigenvalue weighted by Crippen LogP contribution is -2.40. The highest BCUT2D eigenvalue weighted by Gasteiger charge is 2.24. The molecule has 0 saturated carbocycles. The molecule has 0 aliphatic carbocycles. The van der Waals surface area contributed by atoms with E-state index in [0.717, 1.165) is 32.2 Å². The number of likely N-dealkylation sites (tertiary alicyclic amines) is 1. The summed E-state index contributed by atoms with van der Waals surface area (Å²) in [6.07, 6.45) is 4.25. The highest BCUT2D eigenvalue weighted by molar-refractivity contribution is 5.76. The molecule has 0 radical (unpaired) electrons. The first-order valence-electron chi connectivity index (χ1n) is 6.33. The number of piperidine rings is 1. The summed E-state index contributed by atoms with van der Waals surface area (Å²) < 4.78 is 0. The topological polar surface area (TPSA) is 83.6 Å². The van der Waals surface area contributed by atoms with Crippen LogP contribution in [0.2, 0.25) is 0 Å². The number of rotatable bonds is 6. The molecule has 1 fully saturated rings. The normalized spacial score (nSPS) is 20.3. The van der Waals surface area contributed by atoms with Crippen LogP contribution in [0.4, 0.5) is 0 Å². The molecule has 1 atom stereocenters. The number of hydrogen-bond donors (Lipinski definition) is 2. The summed E-state index contributed by atoms with van der Waals surface area (Å²) >= 11 is 0. The highest BCUT2D eigenvalue weighted by atomic mass is 16.4.